The molecule has 9 heteroatoms. The molecule has 0 aromatic carbocycles. The van der Waals surface area contributed by atoms with E-state index in [-0.39, 0.29) is 30.2 Å². The first-order valence-corrected chi connectivity index (χ1v) is 13.3. The number of alkyl halides is 1. The zero-order valence-electron chi connectivity index (χ0n) is 20.0. The highest BCUT2D eigenvalue weighted by Crippen LogP contribution is 2.50. The third kappa shape index (κ3) is 4.10. The van der Waals surface area contributed by atoms with Crippen LogP contribution >= 0.6 is 0 Å². The lowest BCUT2D eigenvalue weighted by molar-refractivity contribution is -0.208. The number of Topliss-reactive ketones (excluding diaryl/α,β-unsaturated/α-hetero) is 1. The Kier molecular flexibility index (Phi) is 6.16. The number of rotatable bonds is 6. The number of carbonyl (C=O) groups excluding carboxylic acids is 1. The first-order chi connectivity index (χ1) is 17.0. The van der Waals surface area contributed by atoms with Crippen molar-refractivity contribution in [2.75, 3.05) is 6.54 Å². The van der Waals surface area contributed by atoms with Crippen molar-refractivity contribution in [3.05, 3.63) is 30.5 Å². The largest absolute Gasteiger partial charge is 0.478 e. The summed E-state index contributed by atoms with van der Waals surface area (Å²) in [4.78, 5) is 31.3. The Bertz CT molecular complexity index is 984. The van der Waals surface area contributed by atoms with Crippen molar-refractivity contribution >= 4 is 11.8 Å². The monoisotopic (exact) mass is 486 g/mol. The fourth-order valence-corrected chi connectivity index (χ4v) is 7.63. The van der Waals surface area contributed by atoms with Crippen molar-refractivity contribution in [1.29, 1.82) is 0 Å². The zero-order chi connectivity index (χ0) is 24.1. The van der Waals surface area contributed by atoms with Gasteiger partial charge >= 0.3 is 5.97 Å². The Labute approximate surface area is 204 Å². The Morgan fingerprint density at radius 3 is 2.77 bits per heavy atom. The van der Waals surface area contributed by atoms with Crippen LogP contribution < -0.4 is 5.32 Å². The highest BCUT2D eigenvalue weighted by molar-refractivity contribution is 6.18. The minimum Gasteiger partial charge on any atom is -0.478 e. The molecule has 0 bridgehead atoms. The van der Waals surface area contributed by atoms with Crippen LogP contribution in [0.1, 0.15) is 51.4 Å². The van der Waals surface area contributed by atoms with Gasteiger partial charge in [-0.1, -0.05) is 25.7 Å². The van der Waals surface area contributed by atoms with Crippen LogP contribution in [0.3, 0.4) is 0 Å². The Morgan fingerprint density at radius 1 is 1.23 bits per heavy atom. The smallest absolute Gasteiger partial charge is 0.340 e. The summed E-state index contributed by atoms with van der Waals surface area (Å²) in [6.07, 6.45) is 12.9. The lowest BCUT2D eigenvalue weighted by Crippen LogP contribution is -2.73. The molecule has 3 heterocycles. The van der Waals surface area contributed by atoms with Crippen LogP contribution in [0.5, 0.6) is 0 Å². The van der Waals surface area contributed by atoms with Crippen molar-refractivity contribution in [2.45, 2.75) is 94.4 Å². The molecule has 6 rings (SSSR count). The highest BCUT2D eigenvalue weighted by atomic mass is 19.1. The van der Waals surface area contributed by atoms with E-state index in [1.807, 2.05) is 10.8 Å². The minimum absolute atomic E-state index is 0.0348. The van der Waals surface area contributed by atoms with E-state index in [2.05, 4.69) is 15.2 Å². The first kappa shape index (κ1) is 23.2. The Balaban J connectivity index is 1.26. The summed E-state index contributed by atoms with van der Waals surface area (Å²) in [7, 11) is 0. The Hall–Kier alpha value is -2.26. The fraction of sp³-hybridized carbons (Fsp3) is 0.731. The number of carboxylic acids is 1. The van der Waals surface area contributed by atoms with E-state index in [1.165, 1.54) is 25.7 Å². The van der Waals surface area contributed by atoms with E-state index in [1.54, 1.807) is 18.7 Å². The number of hydrogen-bond acceptors (Lipinski definition) is 6. The van der Waals surface area contributed by atoms with Gasteiger partial charge in [-0.3, -0.25) is 4.79 Å². The van der Waals surface area contributed by atoms with Crippen LogP contribution in [-0.4, -0.2) is 74.4 Å². The molecule has 1 saturated heterocycles. The number of carboxylic acid groups (broad SMARTS) is 1. The van der Waals surface area contributed by atoms with Gasteiger partial charge in [0.2, 0.25) is 0 Å². The third-order valence-electron chi connectivity index (χ3n) is 9.25. The van der Waals surface area contributed by atoms with Crippen molar-refractivity contribution < 1.29 is 23.8 Å². The first-order valence-electron chi connectivity index (χ1n) is 13.3. The number of nitrogens with zero attached hydrogens (tertiary/aromatic N) is 3. The topological polar surface area (TPSA) is 96.7 Å². The molecule has 9 atom stereocenters. The maximum atomic E-state index is 15.6. The maximum absolute atomic E-state index is 15.6. The van der Waals surface area contributed by atoms with Crippen LogP contribution in [0.25, 0.3) is 0 Å². The molecule has 2 N–H and O–H groups in total. The molecule has 9 unspecified atom stereocenters. The SMILES string of the molecule is O=C(O)C1=CN2C3CC4CCCCC4CC3OC3C(NCCCn4ccnc4)C(F)CC(C1=O)C32. The second-order valence-electron chi connectivity index (χ2n) is 11.1. The number of fused-ring (bicyclic) bond motifs is 3. The summed E-state index contributed by atoms with van der Waals surface area (Å²) in [5, 5.41) is 13.2. The summed E-state index contributed by atoms with van der Waals surface area (Å²) < 4.78 is 24.3. The van der Waals surface area contributed by atoms with Crippen molar-refractivity contribution in [3.8, 4) is 0 Å². The van der Waals surface area contributed by atoms with Crippen molar-refractivity contribution in [2.24, 2.45) is 17.8 Å². The van der Waals surface area contributed by atoms with E-state index in [4.69, 9.17) is 4.74 Å². The molecule has 2 aliphatic heterocycles. The van der Waals surface area contributed by atoms with Gasteiger partial charge in [-0.25, -0.2) is 14.2 Å². The predicted molar refractivity (Wildman–Crippen MR) is 125 cm³/mol. The molecular formula is C26H35FN4O4. The lowest BCUT2D eigenvalue weighted by Gasteiger charge is -2.60. The molecule has 1 aromatic heterocycles. The van der Waals surface area contributed by atoms with E-state index in [0.29, 0.717) is 18.4 Å². The molecule has 35 heavy (non-hydrogen) atoms. The zero-order valence-corrected chi connectivity index (χ0v) is 20.0. The number of aliphatic carboxylic acids is 1. The van der Waals surface area contributed by atoms with Gasteiger partial charge in [0.05, 0.1) is 36.7 Å². The number of aryl methyl sites for hydroxylation is 1. The van der Waals surface area contributed by atoms with Gasteiger partial charge in [-0.05, 0) is 44.1 Å². The predicted octanol–water partition coefficient (Wildman–Crippen LogP) is 2.55. The number of aromatic nitrogens is 2. The quantitative estimate of drug-likeness (QED) is 0.471. The number of hydrogen-bond donors (Lipinski definition) is 2. The van der Waals surface area contributed by atoms with Crippen LogP contribution in [0.2, 0.25) is 0 Å². The average Bonchev–Trinajstić information content (AvgIpc) is 3.37. The summed E-state index contributed by atoms with van der Waals surface area (Å²) in [5.41, 5.74) is -0.199. The second kappa shape index (κ2) is 9.32. The maximum Gasteiger partial charge on any atom is 0.340 e. The number of ether oxygens (including phenoxy) is 1. The number of ketones is 1. The normalized spacial score (nSPS) is 40.4. The van der Waals surface area contributed by atoms with Crippen LogP contribution in [-0.2, 0) is 20.9 Å². The number of nitrogens with one attached hydrogen (secondary N) is 1. The molecule has 190 valence electrons. The standard InChI is InChI=1S/C26H35FN4O4/c27-19-12-17-23-25(22(19)29-6-3-8-30-9-7-28-14-30)35-21-11-16-5-2-1-4-15(16)10-20(21)31(23)13-18(24(17)32)26(33)34/h7,9,13-17,19-23,25,29H,1-6,8,10-12H2,(H,33,34). The number of halogens is 1. The van der Waals surface area contributed by atoms with Crippen LogP contribution in [0, 0.1) is 17.8 Å². The van der Waals surface area contributed by atoms with Crippen LogP contribution in [0.15, 0.2) is 30.5 Å². The van der Waals surface area contributed by atoms with Gasteiger partial charge in [0.15, 0.2) is 5.78 Å². The molecule has 0 radical (unpaired) electrons. The third-order valence-corrected chi connectivity index (χ3v) is 9.25. The average molecular weight is 487 g/mol. The lowest BCUT2D eigenvalue weighted by atomic mass is 9.65. The van der Waals surface area contributed by atoms with Gasteiger partial charge < -0.3 is 24.6 Å². The van der Waals surface area contributed by atoms with Gasteiger partial charge in [0.25, 0.3) is 0 Å². The number of carbonyl (C=O) groups is 2. The van der Waals surface area contributed by atoms with Gasteiger partial charge in [-0.15, -0.1) is 0 Å². The van der Waals surface area contributed by atoms with Gasteiger partial charge in [0.1, 0.15) is 11.7 Å². The summed E-state index contributed by atoms with van der Waals surface area (Å²) in [5.74, 6) is -1.09. The van der Waals surface area contributed by atoms with E-state index in [0.717, 1.165) is 25.8 Å². The molecule has 1 aromatic rings. The van der Waals surface area contributed by atoms with E-state index in [9.17, 15) is 14.7 Å². The number of morpholine rings is 1. The van der Waals surface area contributed by atoms with Gasteiger partial charge in [0, 0.05) is 31.1 Å². The number of imidazole rings is 1. The highest BCUT2D eigenvalue weighted by Gasteiger charge is 2.59. The minimum atomic E-state index is -1.27. The molecule has 5 aliphatic rings. The molecule has 0 spiro atoms. The molecular weight excluding hydrogens is 451 g/mol. The Morgan fingerprint density at radius 2 is 2.03 bits per heavy atom. The second-order valence-corrected chi connectivity index (χ2v) is 11.1. The fourth-order valence-electron chi connectivity index (χ4n) is 7.63. The summed E-state index contributed by atoms with van der Waals surface area (Å²) >= 11 is 0. The summed E-state index contributed by atoms with van der Waals surface area (Å²) in [6, 6.07) is -0.775. The van der Waals surface area contributed by atoms with Crippen molar-refractivity contribution in [1.82, 2.24) is 19.8 Å². The molecule has 3 saturated carbocycles. The molecule has 0 amide bonds. The molecule has 8 nitrogen and oxygen atoms in total. The van der Waals surface area contributed by atoms with Crippen LogP contribution in [0.4, 0.5) is 4.39 Å². The molecule has 4 fully saturated rings. The summed E-state index contributed by atoms with van der Waals surface area (Å²) in [6.45, 7) is 1.42. The van der Waals surface area contributed by atoms with E-state index < -0.39 is 36.0 Å². The van der Waals surface area contributed by atoms with E-state index >= 15 is 4.39 Å². The molecule has 3 aliphatic carbocycles. The van der Waals surface area contributed by atoms with Crippen molar-refractivity contribution in [3.63, 3.8) is 0 Å². The van der Waals surface area contributed by atoms with Gasteiger partial charge in [-0.2, -0.15) is 0 Å².